The number of hydrogen-bond donors (Lipinski definition) is 10. The fourth-order valence-electron chi connectivity index (χ4n) is 18.5. The van der Waals surface area contributed by atoms with Crippen LogP contribution in [-0.4, -0.2) is 221 Å². The van der Waals surface area contributed by atoms with Crippen molar-refractivity contribution in [2.45, 2.75) is 80.3 Å². The van der Waals surface area contributed by atoms with Gasteiger partial charge >= 0.3 is 30.2 Å². The van der Waals surface area contributed by atoms with Crippen LogP contribution in [0.25, 0.3) is 15.8 Å². The van der Waals surface area contributed by atoms with Gasteiger partial charge in [0.25, 0.3) is 59.1 Å². The van der Waals surface area contributed by atoms with Crippen molar-refractivity contribution in [3.8, 4) is 34.4 Å². The summed E-state index contributed by atoms with van der Waals surface area (Å²) in [6, 6.07) is 38.9. The van der Waals surface area contributed by atoms with Crippen LogP contribution < -0.4 is 76.9 Å². The Kier molecular flexibility index (Phi) is 24.4. The van der Waals surface area contributed by atoms with Crippen molar-refractivity contribution in [1.82, 2.24) is 117 Å². The van der Waals surface area contributed by atoms with Gasteiger partial charge in [-0.15, -0.1) is 11.3 Å². The number of nitrogens with one attached hydrogen (secondary N) is 10. The number of nitrogens with zero attached hydrogens (tertiary/aromatic N) is 13. The van der Waals surface area contributed by atoms with E-state index in [9.17, 15) is 76.3 Å². The van der Waals surface area contributed by atoms with Crippen molar-refractivity contribution in [3.63, 3.8) is 0 Å². The lowest BCUT2D eigenvalue weighted by molar-refractivity contribution is -0.125. The first-order valence-electron chi connectivity index (χ1n) is 43.9. The van der Waals surface area contributed by atoms with Gasteiger partial charge < -0.3 is 79.3 Å². The first-order chi connectivity index (χ1) is 67.6. The van der Waals surface area contributed by atoms with Gasteiger partial charge in [0, 0.05) is 138 Å². The second-order valence-corrected chi connectivity index (χ2v) is 35.9. The summed E-state index contributed by atoms with van der Waals surface area (Å²) in [7, 11) is 11.1. The third kappa shape index (κ3) is 17.2. The highest BCUT2D eigenvalue weighted by Gasteiger charge is 2.58. The lowest BCUT2D eigenvalue weighted by Crippen LogP contribution is -2.54. The number of carbonyl (C=O) groups excluding carboxylic acids is 15. The van der Waals surface area contributed by atoms with Gasteiger partial charge in [0.05, 0.1) is 92.6 Å². The summed E-state index contributed by atoms with van der Waals surface area (Å²) in [5.74, 6) is -0.749. The molecule has 12 aromatic rings. The molecule has 10 aliphatic heterocycles. The Balaban J connectivity index is 0.000000117. The van der Waals surface area contributed by atoms with E-state index in [4.69, 9.17) is 23.7 Å². The zero-order valence-corrected chi connectivity index (χ0v) is 77.7. The number of rotatable bonds is 22. The average Bonchev–Trinajstić information content (AvgIpc) is 1.67. The molecule has 10 aliphatic rings. The first-order valence-corrected chi connectivity index (χ1v) is 44.7. The number of aryl methyl sites for hydroxylation is 2. The fraction of sp³-hybridized carbons (Fsp3) is 0.260. The molecule has 7 aromatic carbocycles. The summed E-state index contributed by atoms with van der Waals surface area (Å²) < 4.78 is 46.6. The van der Waals surface area contributed by atoms with Crippen molar-refractivity contribution >= 4 is 111 Å². The quantitative estimate of drug-likeness (QED) is 0.0363. The van der Waals surface area contributed by atoms with E-state index in [2.05, 4.69) is 73.4 Å². The second-order valence-electron chi connectivity index (χ2n) is 34.9. The van der Waals surface area contributed by atoms with Crippen LogP contribution >= 0.6 is 11.3 Å². The van der Waals surface area contributed by atoms with E-state index >= 15 is 0 Å². The maximum atomic E-state index is 13.3. The molecule has 20 amide bonds. The van der Waals surface area contributed by atoms with Gasteiger partial charge in [0.15, 0.2) is 27.7 Å². The van der Waals surface area contributed by atoms with Crippen molar-refractivity contribution < 1.29 is 100.0 Å². The number of thiophene rings is 1. The molecular formula is C96H90FN23O20S. The standard InChI is InChI=1S/C22H18FN5O4.C21H17N3O4S.C19H21N5O4.2C17H17N5O4/c1-32-17-7-2-13-10-27(19(29)18(13)8-17)12-22(20(30)25-21(31)26-22)14-9-24-28(11-14)16-5-3-15(23)4-6-16;1-28-14-7-6-13-10-24(18(25)15(13)9-14)11-21(19(26)22-20(27)23-21)17-8-12-4-2-3-5-16(12)29-17;1-11(2)24-9-13(7-20-24)19(17(26)21-18(27)22-19)10-23-8-12-4-5-14(28-3)6-15(12)16(23)25;1-21-8-11(6-18-21)17(15(24)19-16(25)20-17)9-22-7-10-3-4-12(26-2)5-13(10)14(22)23;1-21-6-5-18-14(21)17(15(24)19-16(25)20-17)9-22-8-10-3-4-11(26-2)7-12(10)13(22)23/h2-9,11H,10,12H2,1H3,(H2,25,26,30,31);2-9H,10-11H2,1H3,(H2,22,23,26,27);4-7,9,11H,8,10H2,1-3H3,(H2,21,22,26,27);3-6,8H,7,9H2,1-2H3,(H2,19,20,24,25);3-7H,8-9H2,1-2H3,(H2,19,20,24,25). The topological polar surface area (TPSA) is 510 Å². The van der Waals surface area contributed by atoms with E-state index in [0.717, 1.165) is 37.9 Å². The number of carbonyl (C=O) groups is 15. The molecule has 5 fully saturated rings. The number of aromatic nitrogens is 8. The van der Waals surface area contributed by atoms with Crippen molar-refractivity contribution in [2.24, 2.45) is 14.1 Å². The molecule has 45 heteroatoms. The normalized spacial score (nSPS) is 20.9. The van der Waals surface area contributed by atoms with Gasteiger partial charge in [-0.25, -0.2) is 38.0 Å². The fourth-order valence-corrected chi connectivity index (χ4v) is 19.7. The van der Waals surface area contributed by atoms with Gasteiger partial charge in [0.1, 0.15) is 40.4 Å². The number of urea groups is 5. The number of fused-ring (bicyclic) bond motifs is 6. The summed E-state index contributed by atoms with van der Waals surface area (Å²) in [5, 5.41) is 38.5. The van der Waals surface area contributed by atoms with Gasteiger partial charge in [0.2, 0.25) is 0 Å². The molecule has 0 bridgehead atoms. The summed E-state index contributed by atoms with van der Waals surface area (Å²) in [6.45, 7) is 5.57. The number of benzene rings is 7. The van der Waals surface area contributed by atoms with E-state index in [-0.39, 0.29) is 80.7 Å². The Morgan fingerprint density at radius 3 is 1.04 bits per heavy atom. The van der Waals surface area contributed by atoms with E-state index in [1.54, 1.807) is 173 Å². The van der Waals surface area contributed by atoms with Crippen molar-refractivity contribution in [3.05, 3.63) is 284 Å². The van der Waals surface area contributed by atoms with Gasteiger partial charge in [-0.2, -0.15) is 15.3 Å². The molecule has 43 nitrogen and oxygen atoms in total. The van der Waals surface area contributed by atoms with E-state index in [1.807, 2.05) is 68.4 Å². The predicted molar refractivity (Wildman–Crippen MR) is 495 cm³/mol. The number of ether oxygens (including phenoxy) is 5. The van der Waals surface area contributed by atoms with Crippen LogP contribution in [0, 0.1) is 5.82 Å². The number of imidazole rings is 1. The lowest BCUT2D eigenvalue weighted by atomic mass is 9.92. The summed E-state index contributed by atoms with van der Waals surface area (Å²) in [6.07, 6.45) is 12.7. The van der Waals surface area contributed by atoms with Crippen LogP contribution in [0.1, 0.15) is 127 Å². The number of halogens is 1. The Bertz CT molecular complexity index is 7220. The third-order valence-electron chi connectivity index (χ3n) is 25.9. The van der Waals surface area contributed by atoms with Crippen molar-refractivity contribution in [1.29, 1.82) is 0 Å². The molecule has 5 unspecified atom stereocenters. The Morgan fingerprint density at radius 1 is 0.383 bits per heavy atom. The van der Waals surface area contributed by atoms with E-state index in [1.165, 1.54) is 71.7 Å². The Hall–Kier alpha value is -17.7. The monoisotopic (exact) mass is 1940 g/mol. The minimum Gasteiger partial charge on any atom is -0.497 e. The number of amides is 20. The highest BCUT2D eigenvalue weighted by Crippen LogP contribution is 2.42. The highest BCUT2D eigenvalue weighted by atomic mass is 32.1. The third-order valence-corrected chi connectivity index (χ3v) is 27.1. The minimum atomic E-state index is -1.52. The molecular weight excluding hydrogens is 1850 g/mol. The predicted octanol–water partition coefficient (Wildman–Crippen LogP) is 5.71. The van der Waals surface area contributed by atoms with E-state index in [0.29, 0.717) is 116 Å². The molecule has 5 aromatic heterocycles. The number of hydrogen-bond acceptors (Lipinski definition) is 25. The van der Waals surface area contributed by atoms with Crippen molar-refractivity contribution in [2.75, 3.05) is 68.3 Å². The Morgan fingerprint density at radius 2 is 0.716 bits per heavy atom. The SMILES string of the molecule is COc1ccc2c(c1)C(=O)N(CC1(c3cc4ccccc4s3)NC(=O)NC1=O)C2.COc1ccc2c(c1)C(=O)N(CC1(c3cnn(-c4ccc(F)cc4)c3)NC(=O)NC1=O)C2.COc1ccc2c(c1)C(=O)N(CC1(c3cnn(C(C)C)c3)NC(=O)NC1=O)C2.COc1ccc2c(c1)C(=O)N(CC1(c3cnn(C)c3)NC(=O)NC1=O)C2.COc1ccc2c(c1)C(=O)N(CC1(c3nccn3C)NC(=O)NC1=O)C2. The van der Waals surface area contributed by atoms with Gasteiger partial charge in [-0.3, -0.25) is 83.9 Å². The highest BCUT2D eigenvalue weighted by molar-refractivity contribution is 7.19. The maximum Gasteiger partial charge on any atom is 0.322 e. The van der Waals surface area contributed by atoms with E-state index < -0.39 is 87.4 Å². The molecule has 5 saturated heterocycles. The van der Waals surface area contributed by atoms with Gasteiger partial charge in [-0.05, 0) is 144 Å². The lowest BCUT2D eigenvalue weighted by Gasteiger charge is -2.30. The molecule has 5 atom stereocenters. The number of methoxy groups -OCH3 is 5. The molecule has 0 radical (unpaired) electrons. The second kappa shape index (κ2) is 36.8. The van der Waals surface area contributed by atoms with Gasteiger partial charge in [-0.1, -0.05) is 48.5 Å². The summed E-state index contributed by atoms with van der Waals surface area (Å²) in [5.41, 5.74) is 1.88. The molecule has 0 aliphatic carbocycles. The zero-order chi connectivity index (χ0) is 99.6. The molecule has 10 N–H and O–H groups in total. The van der Waals surface area contributed by atoms with Crippen LogP contribution in [0.4, 0.5) is 28.4 Å². The largest absolute Gasteiger partial charge is 0.497 e. The summed E-state index contributed by atoms with van der Waals surface area (Å²) >= 11 is 1.44. The Labute approximate surface area is 804 Å². The summed E-state index contributed by atoms with van der Waals surface area (Å²) in [4.78, 5) is 201. The molecule has 0 spiro atoms. The molecule has 0 saturated carbocycles. The number of imide groups is 5. The van der Waals surface area contributed by atoms with Crippen LogP contribution in [-0.2, 0) is 98.5 Å². The molecule has 722 valence electrons. The van der Waals surface area contributed by atoms with Crippen LogP contribution in [0.5, 0.6) is 28.7 Å². The first kappa shape index (κ1) is 93.7. The zero-order valence-electron chi connectivity index (χ0n) is 76.9. The molecule has 141 heavy (non-hydrogen) atoms. The minimum absolute atomic E-state index is 0.00416. The maximum absolute atomic E-state index is 13.3. The van der Waals surface area contributed by atoms with Crippen LogP contribution in [0.15, 0.2) is 195 Å². The van der Waals surface area contributed by atoms with Crippen LogP contribution in [0.3, 0.4) is 0 Å². The smallest absolute Gasteiger partial charge is 0.322 e. The van der Waals surface area contributed by atoms with Crippen LogP contribution in [0.2, 0.25) is 0 Å². The molecule has 15 heterocycles. The molecule has 22 rings (SSSR count). The average molecular weight is 1940 g/mol.